The van der Waals surface area contributed by atoms with Crippen molar-refractivity contribution in [3.05, 3.63) is 68.5 Å². The molecule has 0 atom stereocenters. The summed E-state index contributed by atoms with van der Waals surface area (Å²) in [7, 11) is 0. The van der Waals surface area contributed by atoms with E-state index in [1.54, 1.807) is 0 Å². The Hall–Kier alpha value is -2.83. The van der Waals surface area contributed by atoms with Gasteiger partial charge in [0, 0.05) is 11.6 Å². The van der Waals surface area contributed by atoms with Crippen molar-refractivity contribution in [2.45, 2.75) is 0 Å². The van der Waals surface area contributed by atoms with Crippen molar-refractivity contribution in [3.63, 3.8) is 0 Å². The molecule has 96 valence electrons. The average molecular weight is 262 g/mol. The molecule has 0 unspecified atom stereocenters. The molecule has 0 amide bonds. The Morgan fingerprint density at radius 1 is 0.895 bits per heavy atom. The summed E-state index contributed by atoms with van der Waals surface area (Å²) in [5.74, 6) is -0.626. The monoisotopic (exact) mass is 262 g/mol. The second kappa shape index (κ2) is 4.81. The summed E-state index contributed by atoms with van der Waals surface area (Å²) in [5.41, 5.74) is -0.871. The van der Waals surface area contributed by atoms with Gasteiger partial charge in [-0.25, -0.2) is 4.39 Å². The Labute approximate surface area is 106 Å². The Kier molecular flexibility index (Phi) is 3.19. The van der Waals surface area contributed by atoms with Crippen molar-refractivity contribution < 1.29 is 14.2 Å². The summed E-state index contributed by atoms with van der Waals surface area (Å²) in [6, 6.07) is 8.63. The number of hydrogen-bond acceptors (Lipinski definition) is 4. The fourth-order valence-electron chi connectivity index (χ4n) is 1.69. The molecule has 0 radical (unpaired) electrons. The third kappa shape index (κ3) is 2.39. The van der Waals surface area contributed by atoms with E-state index >= 15 is 0 Å². The standard InChI is InChI=1S/C12H7FN2O4/c13-11-4-2-1-3-9(11)10-6-5-8(14(16)17)7-12(10)15(18)19/h1-7H. The van der Waals surface area contributed by atoms with E-state index in [1.165, 1.54) is 30.3 Å². The van der Waals surface area contributed by atoms with Crippen molar-refractivity contribution in [3.8, 4) is 11.1 Å². The van der Waals surface area contributed by atoms with E-state index in [0.29, 0.717) is 0 Å². The molecule has 0 N–H and O–H groups in total. The molecular weight excluding hydrogens is 255 g/mol. The fraction of sp³-hybridized carbons (Fsp3) is 0. The van der Waals surface area contributed by atoms with Gasteiger partial charge < -0.3 is 0 Å². The first-order valence-electron chi connectivity index (χ1n) is 5.18. The largest absolute Gasteiger partial charge is 0.284 e. The van der Waals surface area contributed by atoms with Crippen LogP contribution >= 0.6 is 0 Å². The molecule has 0 aromatic heterocycles. The van der Waals surface area contributed by atoms with Gasteiger partial charge in [-0.1, -0.05) is 18.2 Å². The minimum atomic E-state index is -0.769. The van der Waals surface area contributed by atoms with Crippen LogP contribution in [0.5, 0.6) is 0 Å². The van der Waals surface area contributed by atoms with E-state index in [9.17, 15) is 24.6 Å². The van der Waals surface area contributed by atoms with Crippen LogP contribution in [0.3, 0.4) is 0 Å². The van der Waals surface area contributed by atoms with E-state index in [1.807, 2.05) is 0 Å². The maximum Gasteiger partial charge on any atom is 0.284 e. The molecule has 6 nitrogen and oxygen atoms in total. The zero-order valence-corrected chi connectivity index (χ0v) is 9.45. The van der Waals surface area contributed by atoms with Crippen LogP contribution in [-0.4, -0.2) is 9.85 Å². The molecule has 0 aliphatic carbocycles. The first-order valence-corrected chi connectivity index (χ1v) is 5.18. The maximum atomic E-state index is 13.6. The molecule has 0 bridgehead atoms. The van der Waals surface area contributed by atoms with Crippen LogP contribution in [0.2, 0.25) is 0 Å². The SMILES string of the molecule is O=[N+]([O-])c1ccc(-c2ccccc2F)c([N+](=O)[O-])c1. The molecule has 0 aliphatic heterocycles. The third-order valence-electron chi connectivity index (χ3n) is 2.55. The van der Waals surface area contributed by atoms with Gasteiger partial charge in [-0.3, -0.25) is 20.2 Å². The number of nitrogens with zero attached hydrogens (tertiary/aromatic N) is 2. The lowest BCUT2D eigenvalue weighted by atomic mass is 10.0. The molecule has 0 saturated carbocycles. The number of halogens is 1. The van der Waals surface area contributed by atoms with Crippen LogP contribution in [0.25, 0.3) is 11.1 Å². The van der Waals surface area contributed by atoms with Crippen molar-refractivity contribution in [1.82, 2.24) is 0 Å². The van der Waals surface area contributed by atoms with Gasteiger partial charge in [0.1, 0.15) is 5.82 Å². The van der Waals surface area contributed by atoms with Gasteiger partial charge in [-0.2, -0.15) is 0 Å². The number of rotatable bonds is 3. The minimum absolute atomic E-state index is 0.00806. The molecule has 2 aromatic rings. The Morgan fingerprint density at radius 3 is 2.16 bits per heavy atom. The molecule has 0 saturated heterocycles. The van der Waals surface area contributed by atoms with E-state index in [-0.39, 0.29) is 11.1 Å². The van der Waals surface area contributed by atoms with Crippen molar-refractivity contribution >= 4 is 11.4 Å². The highest BCUT2D eigenvalue weighted by molar-refractivity contribution is 5.75. The van der Waals surface area contributed by atoms with Crippen molar-refractivity contribution in [2.75, 3.05) is 0 Å². The van der Waals surface area contributed by atoms with Crippen LogP contribution in [0, 0.1) is 26.0 Å². The van der Waals surface area contributed by atoms with Crippen molar-refractivity contribution in [1.29, 1.82) is 0 Å². The zero-order chi connectivity index (χ0) is 14.0. The highest BCUT2D eigenvalue weighted by atomic mass is 19.1. The smallest absolute Gasteiger partial charge is 0.258 e. The van der Waals surface area contributed by atoms with Crippen LogP contribution in [0.4, 0.5) is 15.8 Å². The summed E-state index contributed by atoms with van der Waals surface area (Å²) >= 11 is 0. The highest BCUT2D eigenvalue weighted by Crippen LogP contribution is 2.34. The average Bonchev–Trinajstić information content (AvgIpc) is 2.38. The topological polar surface area (TPSA) is 86.3 Å². The number of non-ortho nitro benzene ring substituents is 1. The quantitative estimate of drug-likeness (QED) is 0.627. The number of benzene rings is 2. The lowest BCUT2D eigenvalue weighted by Crippen LogP contribution is -1.96. The summed E-state index contributed by atoms with van der Waals surface area (Å²) in [4.78, 5) is 20.0. The molecule has 2 aromatic carbocycles. The first-order chi connectivity index (χ1) is 9.00. The van der Waals surface area contributed by atoms with Gasteiger partial charge in [0.25, 0.3) is 11.4 Å². The molecule has 0 fully saturated rings. The summed E-state index contributed by atoms with van der Waals surface area (Å²) in [6.07, 6.45) is 0. The highest BCUT2D eigenvalue weighted by Gasteiger charge is 2.21. The van der Waals surface area contributed by atoms with Gasteiger partial charge in [0.2, 0.25) is 0 Å². The van der Waals surface area contributed by atoms with Crippen LogP contribution < -0.4 is 0 Å². The summed E-state index contributed by atoms with van der Waals surface area (Å²) in [6.45, 7) is 0. The normalized spacial score (nSPS) is 10.2. The van der Waals surface area contributed by atoms with Crippen LogP contribution in [-0.2, 0) is 0 Å². The molecule has 0 spiro atoms. The van der Waals surface area contributed by atoms with Crippen molar-refractivity contribution in [2.24, 2.45) is 0 Å². The van der Waals surface area contributed by atoms with Gasteiger partial charge in [-0.05, 0) is 12.1 Å². The zero-order valence-electron chi connectivity index (χ0n) is 9.45. The fourth-order valence-corrected chi connectivity index (χ4v) is 1.69. The summed E-state index contributed by atoms with van der Waals surface area (Å²) < 4.78 is 13.6. The maximum absolute atomic E-state index is 13.6. The lowest BCUT2D eigenvalue weighted by Gasteiger charge is -2.04. The minimum Gasteiger partial charge on any atom is -0.258 e. The molecular formula is C12H7FN2O4. The number of hydrogen-bond donors (Lipinski definition) is 0. The van der Waals surface area contributed by atoms with E-state index in [2.05, 4.69) is 0 Å². The van der Waals surface area contributed by atoms with E-state index in [0.717, 1.165) is 12.1 Å². The van der Waals surface area contributed by atoms with Gasteiger partial charge in [0.15, 0.2) is 0 Å². The molecule has 7 heteroatoms. The van der Waals surface area contributed by atoms with Gasteiger partial charge in [0.05, 0.1) is 21.5 Å². The lowest BCUT2D eigenvalue weighted by molar-refractivity contribution is -0.393. The molecule has 0 aliphatic rings. The second-order valence-electron chi connectivity index (χ2n) is 3.70. The molecule has 2 rings (SSSR count). The van der Waals surface area contributed by atoms with Crippen LogP contribution in [0.1, 0.15) is 0 Å². The second-order valence-corrected chi connectivity index (χ2v) is 3.70. The van der Waals surface area contributed by atoms with Gasteiger partial charge >= 0.3 is 0 Å². The first kappa shape index (κ1) is 12.6. The van der Waals surface area contributed by atoms with E-state index in [4.69, 9.17) is 0 Å². The Balaban J connectivity index is 2.67. The van der Waals surface area contributed by atoms with Gasteiger partial charge in [-0.15, -0.1) is 0 Å². The molecule has 19 heavy (non-hydrogen) atoms. The third-order valence-corrected chi connectivity index (χ3v) is 2.55. The van der Waals surface area contributed by atoms with E-state index < -0.39 is 27.0 Å². The summed E-state index contributed by atoms with van der Waals surface area (Å²) in [5, 5.41) is 21.5. The Bertz CT molecular complexity index is 673. The van der Waals surface area contributed by atoms with Crippen LogP contribution in [0.15, 0.2) is 42.5 Å². The Morgan fingerprint density at radius 2 is 1.58 bits per heavy atom. The number of nitro groups is 2. The predicted octanol–water partition coefficient (Wildman–Crippen LogP) is 3.31. The number of nitro benzene ring substituents is 2. The predicted molar refractivity (Wildman–Crippen MR) is 65.1 cm³/mol. The molecule has 0 heterocycles.